The Balaban J connectivity index is 1.61. The highest BCUT2D eigenvalue weighted by atomic mass is 35.5. The molecule has 0 radical (unpaired) electrons. The zero-order valence-electron chi connectivity index (χ0n) is 16.3. The van der Waals surface area contributed by atoms with Gasteiger partial charge in [-0.2, -0.15) is 5.26 Å². The number of carbonyl (C=O) groups is 1. The van der Waals surface area contributed by atoms with E-state index >= 15 is 0 Å². The number of hydrogen-bond donors (Lipinski definition) is 2. The van der Waals surface area contributed by atoms with Crippen molar-refractivity contribution in [1.29, 1.82) is 5.26 Å². The number of hydrogen-bond acceptors (Lipinski definition) is 4. The minimum Gasteiger partial charge on any atom is -0.337 e. The van der Waals surface area contributed by atoms with Crippen LogP contribution in [0.5, 0.6) is 0 Å². The number of aromatic nitrogens is 3. The summed E-state index contributed by atoms with van der Waals surface area (Å²) in [5.41, 5.74) is 2.66. The topological polar surface area (TPSA) is 94.5 Å². The van der Waals surface area contributed by atoms with Gasteiger partial charge in [0.05, 0.1) is 16.3 Å². The Bertz CT molecular complexity index is 1290. The van der Waals surface area contributed by atoms with Crippen LogP contribution in [0.25, 0.3) is 22.6 Å². The van der Waals surface area contributed by atoms with Gasteiger partial charge >= 0.3 is 0 Å². The van der Waals surface area contributed by atoms with E-state index in [1.165, 1.54) is 18.3 Å². The van der Waals surface area contributed by atoms with Gasteiger partial charge in [0.25, 0.3) is 5.91 Å². The fraction of sp³-hybridized carbons (Fsp3) is 0.0435. The number of imidazole rings is 1. The van der Waals surface area contributed by atoms with Crippen LogP contribution in [0.4, 0.5) is 10.2 Å². The predicted octanol–water partition coefficient (Wildman–Crippen LogP) is 5.36. The summed E-state index contributed by atoms with van der Waals surface area (Å²) < 4.78 is 14.2. The number of pyridine rings is 1. The van der Waals surface area contributed by atoms with Crippen LogP contribution >= 0.6 is 11.6 Å². The summed E-state index contributed by atoms with van der Waals surface area (Å²) in [5, 5.41) is 12.4. The molecule has 4 rings (SSSR count). The van der Waals surface area contributed by atoms with Crippen molar-refractivity contribution < 1.29 is 9.18 Å². The highest BCUT2D eigenvalue weighted by Crippen LogP contribution is 2.31. The number of anilines is 1. The molecule has 1 amide bonds. The molecule has 2 aromatic carbocycles. The number of halogens is 2. The normalized spacial score (nSPS) is 10.5. The standard InChI is InChI=1S/C23H15ClFN5O/c1-13-5-7-14(8-6-13)23(31)29-19-10-9-15(12-27-19)21-18(11-26)28-22(30-21)20-16(24)3-2-4-17(20)25/h2-10,12H,1H3,(H,28,30)(H,27,29,31). The Morgan fingerprint density at radius 1 is 1.16 bits per heavy atom. The number of amides is 1. The van der Waals surface area contributed by atoms with Crippen molar-refractivity contribution in [2.75, 3.05) is 5.32 Å². The van der Waals surface area contributed by atoms with Gasteiger partial charge in [-0.3, -0.25) is 4.79 Å². The molecule has 2 aromatic heterocycles. The van der Waals surface area contributed by atoms with Crippen molar-refractivity contribution in [2.45, 2.75) is 6.92 Å². The maximum absolute atomic E-state index is 14.2. The third-order valence-electron chi connectivity index (χ3n) is 4.62. The first-order valence-corrected chi connectivity index (χ1v) is 9.63. The van der Waals surface area contributed by atoms with E-state index in [1.807, 2.05) is 25.1 Å². The first-order valence-electron chi connectivity index (χ1n) is 9.25. The Morgan fingerprint density at radius 2 is 1.94 bits per heavy atom. The van der Waals surface area contributed by atoms with Gasteiger partial charge in [0, 0.05) is 17.3 Å². The molecule has 152 valence electrons. The summed E-state index contributed by atoms with van der Waals surface area (Å²) in [6.07, 6.45) is 1.49. The minimum atomic E-state index is -0.551. The van der Waals surface area contributed by atoms with E-state index in [0.29, 0.717) is 22.6 Å². The first kappa shape index (κ1) is 20.3. The molecule has 4 aromatic rings. The van der Waals surface area contributed by atoms with Gasteiger partial charge in [-0.25, -0.2) is 14.4 Å². The zero-order valence-corrected chi connectivity index (χ0v) is 17.0. The van der Waals surface area contributed by atoms with E-state index in [1.54, 1.807) is 30.3 Å². The Hall–Kier alpha value is -4.02. The minimum absolute atomic E-state index is 0.0764. The maximum atomic E-state index is 14.2. The Kier molecular flexibility index (Phi) is 5.48. The summed E-state index contributed by atoms with van der Waals surface area (Å²) in [4.78, 5) is 23.7. The van der Waals surface area contributed by atoms with E-state index in [9.17, 15) is 14.4 Å². The van der Waals surface area contributed by atoms with E-state index in [-0.39, 0.29) is 28.0 Å². The lowest BCUT2D eigenvalue weighted by Crippen LogP contribution is -2.12. The van der Waals surface area contributed by atoms with Crippen LogP contribution in [0.15, 0.2) is 60.8 Å². The van der Waals surface area contributed by atoms with E-state index in [4.69, 9.17) is 11.6 Å². The molecule has 31 heavy (non-hydrogen) atoms. The molecule has 0 saturated carbocycles. The van der Waals surface area contributed by atoms with Crippen molar-refractivity contribution in [1.82, 2.24) is 15.0 Å². The van der Waals surface area contributed by atoms with Crippen molar-refractivity contribution in [3.63, 3.8) is 0 Å². The Labute approximate surface area is 182 Å². The van der Waals surface area contributed by atoms with Gasteiger partial charge in [0.1, 0.15) is 23.5 Å². The number of aryl methyl sites for hydroxylation is 1. The van der Waals surface area contributed by atoms with Crippen molar-refractivity contribution in [2.24, 2.45) is 0 Å². The zero-order chi connectivity index (χ0) is 22.0. The number of nitrogens with zero attached hydrogens (tertiary/aromatic N) is 3. The van der Waals surface area contributed by atoms with Crippen LogP contribution in [0, 0.1) is 24.1 Å². The van der Waals surface area contributed by atoms with Gasteiger partial charge in [-0.15, -0.1) is 0 Å². The quantitative estimate of drug-likeness (QED) is 0.454. The molecule has 8 heteroatoms. The van der Waals surface area contributed by atoms with E-state index < -0.39 is 5.82 Å². The highest BCUT2D eigenvalue weighted by molar-refractivity contribution is 6.33. The van der Waals surface area contributed by atoms with Gasteiger partial charge in [0.15, 0.2) is 5.69 Å². The molecule has 0 unspecified atom stereocenters. The number of H-pyrrole nitrogens is 1. The molecule has 0 atom stereocenters. The molecule has 0 fully saturated rings. The molecule has 0 aliphatic carbocycles. The lowest BCUT2D eigenvalue weighted by atomic mass is 10.1. The number of nitrogens with one attached hydrogen (secondary N) is 2. The molecular formula is C23H15ClFN5O. The van der Waals surface area contributed by atoms with E-state index in [0.717, 1.165) is 5.56 Å². The molecule has 0 aliphatic rings. The number of aromatic amines is 1. The lowest BCUT2D eigenvalue weighted by Gasteiger charge is -2.06. The van der Waals surface area contributed by atoms with Crippen LogP contribution < -0.4 is 5.32 Å². The number of nitriles is 1. The maximum Gasteiger partial charge on any atom is 0.256 e. The van der Waals surface area contributed by atoms with Crippen LogP contribution in [0.2, 0.25) is 5.02 Å². The van der Waals surface area contributed by atoms with Crippen molar-refractivity contribution in [3.05, 3.63) is 88.5 Å². The molecule has 0 saturated heterocycles. The fourth-order valence-corrected chi connectivity index (χ4v) is 3.27. The van der Waals surface area contributed by atoms with Crippen molar-refractivity contribution in [3.8, 4) is 28.7 Å². The first-order chi connectivity index (χ1) is 15.0. The number of carbonyl (C=O) groups excluding carboxylic acids is 1. The molecule has 0 aliphatic heterocycles. The van der Waals surface area contributed by atoms with Gasteiger partial charge in [-0.05, 0) is 43.3 Å². The number of benzene rings is 2. The van der Waals surface area contributed by atoms with Crippen LogP contribution in [-0.4, -0.2) is 20.9 Å². The number of rotatable bonds is 4. The van der Waals surface area contributed by atoms with Gasteiger partial charge in [0.2, 0.25) is 0 Å². The van der Waals surface area contributed by atoms with Crippen molar-refractivity contribution >= 4 is 23.3 Å². The average Bonchev–Trinajstić information content (AvgIpc) is 3.18. The van der Waals surface area contributed by atoms with Crippen LogP contribution in [0.3, 0.4) is 0 Å². The van der Waals surface area contributed by atoms with Gasteiger partial charge < -0.3 is 10.3 Å². The van der Waals surface area contributed by atoms with Crippen LogP contribution in [0.1, 0.15) is 21.6 Å². The fourth-order valence-electron chi connectivity index (χ4n) is 3.01. The summed E-state index contributed by atoms with van der Waals surface area (Å²) in [7, 11) is 0. The average molecular weight is 432 g/mol. The summed E-state index contributed by atoms with van der Waals surface area (Å²) in [6.45, 7) is 1.94. The smallest absolute Gasteiger partial charge is 0.256 e. The monoisotopic (exact) mass is 431 g/mol. The molecule has 2 heterocycles. The third-order valence-corrected chi connectivity index (χ3v) is 4.93. The van der Waals surface area contributed by atoms with Crippen LogP contribution in [-0.2, 0) is 0 Å². The summed E-state index contributed by atoms with van der Waals surface area (Å²) >= 11 is 6.11. The van der Waals surface area contributed by atoms with E-state index in [2.05, 4.69) is 20.3 Å². The highest BCUT2D eigenvalue weighted by Gasteiger charge is 2.18. The summed E-state index contributed by atoms with van der Waals surface area (Å²) in [5.74, 6) is -0.336. The predicted molar refractivity (Wildman–Crippen MR) is 116 cm³/mol. The third kappa shape index (κ3) is 4.15. The SMILES string of the molecule is Cc1ccc(C(=O)Nc2ccc(-c3[nH]c(-c4c(F)cccc4Cl)nc3C#N)cn2)cc1. The Morgan fingerprint density at radius 3 is 2.58 bits per heavy atom. The second-order valence-corrected chi connectivity index (χ2v) is 7.18. The molecule has 0 bridgehead atoms. The largest absolute Gasteiger partial charge is 0.337 e. The second-order valence-electron chi connectivity index (χ2n) is 6.77. The molecule has 6 nitrogen and oxygen atoms in total. The van der Waals surface area contributed by atoms with Gasteiger partial charge in [-0.1, -0.05) is 35.4 Å². The second kappa shape index (κ2) is 8.38. The summed E-state index contributed by atoms with van der Waals surface area (Å²) in [6, 6.07) is 16.8. The lowest BCUT2D eigenvalue weighted by molar-refractivity contribution is 0.102. The molecular weight excluding hydrogens is 417 g/mol. The molecule has 2 N–H and O–H groups in total. The molecule has 0 spiro atoms.